The van der Waals surface area contributed by atoms with Gasteiger partial charge in [-0.2, -0.15) is 0 Å². The lowest BCUT2D eigenvalue weighted by molar-refractivity contribution is 0.0953. The minimum absolute atomic E-state index is 0.0587. The maximum atomic E-state index is 12.3. The van der Waals surface area contributed by atoms with Crippen molar-refractivity contribution in [3.05, 3.63) is 71.4 Å². The van der Waals surface area contributed by atoms with Gasteiger partial charge in [0.2, 0.25) is 0 Å². The first-order valence-corrected chi connectivity index (χ1v) is 9.46. The van der Waals surface area contributed by atoms with Crippen molar-refractivity contribution in [3.8, 4) is 0 Å². The lowest BCUT2D eigenvalue weighted by Gasteiger charge is -2.15. The molecule has 1 aromatic carbocycles. The van der Waals surface area contributed by atoms with Crippen LogP contribution in [-0.4, -0.2) is 17.4 Å². The number of allylic oxidation sites excluding steroid dienone is 1. The Morgan fingerprint density at radius 2 is 2.00 bits per heavy atom. The summed E-state index contributed by atoms with van der Waals surface area (Å²) in [5.41, 5.74) is 3.28. The quantitative estimate of drug-likeness (QED) is 0.701. The number of nitrogens with zero attached hydrogens (tertiary/aromatic N) is 1. The Morgan fingerprint density at radius 3 is 2.69 bits per heavy atom. The predicted octanol–water partition coefficient (Wildman–Crippen LogP) is 4.88. The molecule has 1 heterocycles. The van der Waals surface area contributed by atoms with Gasteiger partial charge in [-0.1, -0.05) is 42.0 Å². The lowest BCUT2D eigenvalue weighted by atomic mass is 9.97. The Kier molecular flexibility index (Phi) is 6.42. The maximum absolute atomic E-state index is 12.3. The summed E-state index contributed by atoms with van der Waals surface area (Å²) in [6.07, 6.45) is 9.85. The number of rotatable bonds is 7. The van der Waals surface area contributed by atoms with Crippen LogP contribution in [0.15, 0.2) is 60.3 Å². The summed E-state index contributed by atoms with van der Waals surface area (Å²) < 4.78 is 0. The SMILES string of the molecule is CC(Nc1ccc(C(=O)NCCC2=CCCCC2)cn1)c1ccccc1. The molecule has 0 radical (unpaired) electrons. The molecule has 1 aliphatic rings. The fraction of sp³-hybridized carbons (Fsp3) is 0.364. The van der Waals surface area contributed by atoms with Crippen LogP contribution < -0.4 is 10.6 Å². The molecule has 0 fully saturated rings. The van der Waals surface area contributed by atoms with Gasteiger partial charge in [0, 0.05) is 18.8 Å². The molecule has 0 saturated carbocycles. The molecular weight excluding hydrogens is 322 g/mol. The van der Waals surface area contributed by atoms with Gasteiger partial charge in [-0.15, -0.1) is 0 Å². The van der Waals surface area contributed by atoms with Crippen LogP contribution in [0.4, 0.5) is 5.82 Å². The number of anilines is 1. The number of aromatic nitrogens is 1. The zero-order chi connectivity index (χ0) is 18.2. The second-order valence-corrected chi connectivity index (χ2v) is 6.82. The topological polar surface area (TPSA) is 54.0 Å². The van der Waals surface area contributed by atoms with Crippen LogP contribution in [0.2, 0.25) is 0 Å². The molecule has 1 amide bonds. The molecule has 0 saturated heterocycles. The molecule has 4 nitrogen and oxygen atoms in total. The van der Waals surface area contributed by atoms with E-state index >= 15 is 0 Å². The zero-order valence-corrected chi connectivity index (χ0v) is 15.4. The van der Waals surface area contributed by atoms with Crippen molar-refractivity contribution >= 4 is 11.7 Å². The second-order valence-electron chi connectivity index (χ2n) is 6.82. The standard InChI is InChI=1S/C22H27N3O/c1-17(19-10-6-3-7-11-19)25-21-13-12-20(16-24-21)22(26)23-15-14-18-8-4-2-5-9-18/h3,6-8,10-13,16-17H,2,4-5,9,14-15H2,1H3,(H,23,26)(H,24,25). The molecule has 1 aromatic heterocycles. The molecule has 2 N–H and O–H groups in total. The maximum Gasteiger partial charge on any atom is 0.252 e. The van der Waals surface area contributed by atoms with E-state index in [2.05, 4.69) is 40.8 Å². The molecule has 26 heavy (non-hydrogen) atoms. The van der Waals surface area contributed by atoms with Crippen molar-refractivity contribution in [3.63, 3.8) is 0 Å². The number of hydrogen-bond acceptors (Lipinski definition) is 3. The van der Waals surface area contributed by atoms with Gasteiger partial charge < -0.3 is 10.6 Å². The van der Waals surface area contributed by atoms with Crippen LogP contribution >= 0.6 is 0 Å². The highest BCUT2D eigenvalue weighted by Gasteiger charge is 2.09. The van der Waals surface area contributed by atoms with E-state index in [1.54, 1.807) is 6.20 Å². The summed E-state index contributed by atoms with van der Waals surface area (Å²) in [5, 5.41) is 6.35. The fourth-order valence-electron chi connectivity index (χ4n) is 3.23. The first-order chi connectivity index (χ1) is 12.7. The smallest absolute Gasteiger partial charge is 0.252 e. The summed E-state index contributed by atoms with van der Waals surface area (Å²) in [6, 6.07) is 14.1. The highest BCUT2D eigenvalue weighted by Crippen LogP contribution is 2.20. The summed E-state index contributed by atoms with van der Waals surface area (Å²) in [6.45, 7) is 2.79. The third kappa shape index (κ3) is 5.19. The third-order valence-corrected chi connectivity index (χ3v) is 4.81. The van der Waals surface area contributed by atoms with Crippen molar-refractivity contribution in [2.75, 3.05) is 11.9 Å². The summed E-state index contributed by atoms with van der Waals surface area (Å²) in [5.74, 6) is 0.710. The van der Waals surface area contributed by atoms with Crippen LogP contribution in [-0.2, 0) is 0 Å². The van der Waals surface area contributed by atoms with Crippen molar-refractivity contribution in [1.29, 1.82) is 0 Å². The Hall–Kier alpha value is -2.62. The van der Waals surface area contributed by atoms with Gasteiger partial charge in [0.1, 0.15) is 5.82 Å². The fourth-order valence-corrected chi connectivity index (χ4v) is 3.23. The summed E-state index contributed by atoms with van der Waals surface area (Å²) in [4.78, 5) is 16.6. The number of amides is 1. The zero-order valence-electron chi connectivity index (χ0n) is 15.4. The minimum Gasteiger partial charge on any atom is -0.364 e. The van der Waals surface area contributed by atoms with E-state index in [-0.39, 0.29) is 11.9 Å². The molecule has 0 bridgehead atoms. The van der Waals surface area contributed by atoms with Crippen molar-refractivity contribution < 1.29 is 4.79 Å². The second kappa shape index (κ2) is 9.18. The van der Waals surface area contributed by atoms with E-state index in [0.29, 0.717) is 12.1 Å². The molecule has 136 valence electrons. The van der Waals surface area contributed by atoms with Crippen molar-refractivity contribution in [2.45, 2.75) is 45.1 Å². The van der Waals surface area contributed by atoms with Crippen LogP contribution in [0, 0.1) is 0 Å². The van der Waals surface area contributed by atoms with Crippen LogP contribution in [0.3, 0.4) is 0 Å². The minimum atomic E-state index is -0.0587. The van der Waals surface area contributed by atoms with Crippen LogP contribution in [0.5, 0.6) is 0 Å². The van der Waals surface area contributed by atoms with Crippen LogP contribution in [0.25, 0.3) is 0 Å². The molecular formula is C22H27N3O. The van der Waals surface area contributed by atoms with Gasteiger partial charge >= 0.3 is 0 Å². The van der Waals surface area contributed by atoms with Gasteiger partial charge in [-0.25, -0.2) is 4.98 Å². The highest BCUT2D eigenvalue weighted by atomic mass is 16.1. The monoisotopic (exact) mass is 349 g/mol. The van der Waals surface area contributed by atoms with Crippen LogP contribution in [0.1, 0.15) is 61.0 Å². The van der Waals surface area contributed by atoms with E-state index in [9.17, 15) is 4.79 Å². The van der Waals surface area contributed by atoms with Gasteiger partial charge in [0.05, 0.1) is 5.56 Å². The van der Waals surface area contributed by atoms with E-state index < -0.39 is 0 Å². The highest BCUT2D eigenvalue weighted by molar-refractivity contribution is 5.94. The Bertz CT molecular complexity index is 738. The number of benzene rings is 1. The summed E-state index contributed by atoms with van der Waals surface area (Å²) in [7, 11) is 0. The van der Waals surface area contributed by atoms with Gasteiger partial charge in [0.25, 0.3) is 5.91 Å². The number of carbonyl (C=O) groups is 1. The molecule has 1 atom stereocenters. The molecule has 4 heteroatoms. The number of hydrogen-bond donors (Lipinski definition) is 2. The predicted molar refractivity (Wildman–Crippen MR) is 106 cm³/mol. The Morgan fingerprint density at radius 1 is 1.15 bits per heavy atom. The van der Waals surface area contributed by atoms with E-state index in [1.165, 1.54) is 36.8 Å². The first kappa shape index (κ1) is 18.2. The summed E-state index contributed by atoms with van der Waals surface area (Å²) >= 11 is 0. The molecule has 1 unspecified atom stereocenters. The molecule has 2 aromatic rings. The molecule has 0 spiro atoms. The van der Waals surface area contributed by atoms with Gasteiger partial charge in [0.15, 0.2) is 0 Å². The number of nitrogens with one attached hydrogen (secondary N) is 2. The van der Waals surface area contributed by atoms with Gasteiger partial charge in [-0.3, -0.25) is 4.79 Å². The molecule has 1 aliphatic carbocycles. The Labute approximate surface area is 155 Å². The number of pyridine rings is 1. The first-order valence-electron chi connectivity index (χ1n) is 9.46. The van der Waals surface area contributed by atoms with E-state index in [0.717, 1.165) is 12.2 Å². The number of carbonyl (C=O) groups excluding carboxylic acids is 1. The third-order valence-electron chi connectivity index (χ3n) is 4.81. The van der Waals surface area contributed by atoms with E-state index in [1.807, 2.05) is 30.3 Å². The molecule has 3 rings (SSSR count). The largest absolute Gasteiger partial charge is 0.364 e. The normalized spacial score (nSPS) is 15.0. The lowest BCUT2D eigenvalue weighted by Crippen LogP contribution is -2.25. The Balaban J connectivity index is 1.48. The van der Waals surface area contributed by atoms with E-state index in [4.69, 9.17) is 0 Å². The molecule has 0 aliphatic heterocycles. The van der Waals surface area contributed by atoms with Crippen molar-refractivity contribution in [2.24, 2.45) is 0 Å². The van der Waals surface area contributed by atoms with Gasteiger partial charge in [-0.05, 0) is 56.7 Å². The average molecular weight is 349 g/mol. The van der Waals surface area contributed by atoms with Crippen molar-refractivity contribution in [1.82, 2.24) is 10.3 Å². The average Bonchev–Trinajstić information content (AvgIpc) is 2.70.